The van der Waals surface area contributed by atoms with Crippen molar-refractivity contribution >= 4 is 11.2 Å². The second kappa shape index (κ2) is 8.34. The molecule has 2 aromatic heterocycles. The minimum atomic E-state index is -0.467. The van der Waals surface area contributed by atoms with Gasteiger partial charge in [-0.15, -0.1) is 0 Å². The fraction of sp³-hybridized carbons (Fsp3) is 0.292. The van der Waals surface area contributed by atoms with Crippen LogP contribution in [-0.4, -0.2) is 18.7 Å². The Hall–Kier alpha value is -3.48. The Morgan fingerprint density at radius 1 is 1.06 bits per heavy atom. The van der Waals surface area contributed by atoms with E-state index in [9.17, 15) is 14.0 Å². The van der Waals surface area contributed by atoms with Crippen LogP contribution in [-0.2, 0) is 13.1 Å². The number of benzene rings is 2. The van der Waals surface area contributed by atoms with Crippen LogP contribution in [0.5, 0.6) is 0 Å². The number of nitrogens with zero attached hydrogens (tertiary/aromatic N) is 4. The van der Waals surface area contributed by atoms with Crippen LogP contribution < -0.4 is 11.2 Å². The molecule has 0 aliphatic heterocycles. The van der Waals surface area contributed by atoms with E-state index in [4.69, 9.17) is 0 Å². The highest BCUT2D eigenvalue weighted by Gasteiger charge is 2.19. The highest BCUT2D eigenvalue weighted by molar-refractivity contribution is 5.72. The third kappa shape index (κ3) is 4.08. The molecule has 0 unspecified atom stereocenters. The molecule has 2 heterocycles. The molecule has 6 nitrogen and oxygen atoms in total. The lowest BCUT2D eigenvalue weighted by molar-refractivity contribution is 0.491. The Morgan fingerprint density at radius 2 is 1.81 bits per heavy atom. The summed E-state index contributed by atoms with van der Waals surface area (Å²) in [7, 11) is 0. The summed E-state index contributed by atoms with van der Waals surface area (Å²) in [6.45, 7) is 6.87. The van der Waals surface area contributed by atoms with Gasteiger partial charge in [-0.3, -0.25) is 9.36 Å². The first kappa shape index (κ1) is 20.8. The van der Waals surface area contributed by atoms with Gasteiger partial charge in [0.1, 0.15) is 5.82 Å². The Labute approximate surface area is 179 Å². The third-order valence-corrected chi connectivity index (χ3v) is 5.35. The SMILES string of the molecule is Cc1cccc(Cn2cnc3c2c(=O)n(CCC(C)C)c(=O)n3-c2ccc(F)cc2)c1. The summed E-state index contributed by atoms with van der Waals surface area (Å²) in [4.78, 5) is 31.1. The van der Waals surface area contributed by atoms with Crippen molar-refractivity contribution in [3.63, 3.8) is 0 Å². The molecule has 0 aliphatic carbocycles. The topological polar surface area (TPSA) is 61.8 Å². The van der Waals surface area contributed by atoms with Crippen LogP contribution in [0.15, 0.2) is 64.4 Å². The zero-order valence-corrected chi connectivity index (χ0v) is 17.9. The molecule has 0 atom stereocenters. The van der Waals surface area contributed by atoms with Crippen molar-refractivity contribution in [1.29, 1.82) is 0 Å². The van der Waals surface area contributed by atoms with Gasteiger partial charge in [0.05, 0.1) is 12.0 Å². The molecule has 0 spiro atoms. The van der Waals surface area contributed by atoms with Crippen LogP contribution in [0.25, 0.3) is 16.9 Å². The van der Waals surface area contributed by atoms with Crippen LogP contribution in [0.1, 0.15) is 31.4 Å². The molecule has 0 amide bonds. The Morgan fingerprint density at radius 3 is 2.48 bits per heavy atom. The smallest absolute Gasteiger partial charge is 0.320 e. The van der Waals surface area contributed by atoms with Crippen molar-refractivity contribution in [3.8, 4) is 5.69 Å². The van der Waals surface area contributed by atoms with Crippen LogP contribution in [0.4, 0.5) is 4.39 Å². The quantitative estimate of drug-likeness (QED) is 0.475. The molecule has 7 heteroatoms. The lowest BCUT2D eigenvalue weighted by atomic mass is 10.1. The largest absolute Gasteiger partial charge is 0.337 e. The number of aromatic nitrogens is 4. The zero-order chi connectivity index (χ0) is 22.1. The lowest BCUT2D eigenvalue weighted by Crippen LogP contribution is -2.40. The van der Waals surface area contributed by atoms with E-state index in [1.165, 1.54) is 33.4 Å². The van der Waals surface area contributed by atoms with E-state index >= 15 is 0 Å². The summed E-state index contributed by atoms with van der Waals surface area (Å²) >= 11 is 0. The van der Waals surface area contributed by atoms with Gasteiger partial charge in [-0.1, -0.05) is 43.7 Å². The highest BCUT2D eigenvalue weighted by atomic mass is 19.1. The summed E-state index contributed by atoms with van der Waals surface area (Å²) < 4.78 is 17.9. The summed E-state index contributed by atoms with van der Waals surface area (Å²) in [6, 6.07) is 13.7. The van der Waals surface area contributed by atoms with Gasteiger partial charge >= 0.3 is 5.69 Å². The van der Waals surface area contributed by atoms with Gasteiger partial charge < -0.3 is 4.57 Å². The molecular weight excluding hydrogens is 395 g/mol. The monoisotopic (exact) mass is 420 g/mol. The summed E-state index contributed by atoms with van der Waals surface area (Å²) in [5.41, 5.74) is 2.43. The standard InChI is InChI=1S/C24H25FN4O2/c1-16(2)11-12-28-23(30)21-22(29(24(28)31)20-9-7-19(25)8-10-20)26-15-27(21)14-18-6-4-5-17(3)13-18/h4-10,13,15-16H,11-12,14H2,1-3H3. The first-order chi connectivity index (χ1) is 14.8. The number of halogens is 1. The van der Waals surface area contributed by atoms with E-state index in [0.717, 1.165) is 11.1 Å². The molecule has 4 rings (SSSR count). The van der Waals surface area contributed by atoms with E-state index < -0.39 is 11.5 Å². The maximum absolute atomic E-state index is 13.5. The third-order valence-electron chi connectivity index (χ3n) is 5.35. The molecule has 0 saturated carbocycles. The predicted octanol–water partition coefficient (Wildman–Crippen LogP) is 3.89. The second-order valence-corrected chi connectivity index (χ2v) is 8.27. The van der Waals surface area contributed by atoms with E-state index in [0.29, 0.717) is 36.6 Å². The van der Waals surface area contributed by atoms with E-state index in [-0.39, 0.29) is 11.2 Å². The lowest BCUT2D eigenvalue weighted by Gasteiger charge is -2.14. The molecule has 160 valence electrons. The van der Waals surface area contributed by atoms with Crippen LogP contribution in [0.2, 0.25) is 0 Å². The number of fused-ring (bicyclic) bond motifs is 1. The van der Waals surface area contributed by atoms with Crippen LogP contribution in [0.3, 0.4) is 0 Å². The van der Waals surface area contributed by atoms with Crippen molar-refractivity contribution in [1.82, 2.24) is 18.7 Å². The van der Waals surface area contributed by atoms with E-state index in [1.807, 2.05) is 39.0 Å². The predicted molar refractivity (Wildman–Crippen MR) is 119 cm³/mol. The minimum Gasteiger partial charge on any atom is -0.320 e. The summed E-state index contributed by atoms with van der Waals surface area (Å²) in [6.07, 6.45) is 2.27. The number of aryl methyl sites for hydroxylation is 1. The molecular formula is C24H25FN4O2. The van der Waals surface area contributed by atoms with Crippen molar-refractivity contribution in [2.45, 2.75) is 40.3 Å². The maximum atomic E-state index is 13.5. The molecule has 31 heavy (non-hydrogen) atoms. The molecule has 0 N–H and O–H groups in total. The van der Waals surface area contributed by atoms with Crippen molar-refractivity contribution < 1.29 is 4.39 Å². The van der Waals surface area contributed by atoms with Crippen LogP contribution in [0, 0.1) is 18.7 Å². The molecule has 0 bridgehead atoms. The Balaban J connectivity index is 1.95. The number of rotatable bonds is 6. The van der Waals surface area contributed by atoms with Gasteiger partial charge in [0.2, 0.25) is 0 Å². The summed E-state index contributed by atoms with van der Waals surface area (Å²) in [5.74, 6) is -0.0652. The normalized spacial score (nSPS) is 11.5. The van der Waals surface area contributed by atoms with E-state index in [2.05, 4.69) is 11.1 Å². The zero-order valence-electron chi connectivity index (χ0n) is 17.9. The molecule has 0 aliphatic rings. The van der Waals surface area contributed by atoms with Gasteiger partial charge in [0.25, 0.3) is 5.56 Å². The average Bonchev–Trinajstić information content (AvgIpc) is 3.12. The van der Waals surface area contributed by atoms with Gasteiger partial charge in [-0.25, -0.2) is 18.7 Å². The number of hydrogen-bond acceptors (Lipinski definition) is 3. The molecule has 2 aromatic carbocycles. The van der Waals surface area contributed by atoms with Gasteiger partial charge in [0.15, 0.2) is 11.2 Å². The van der Waals surface area contributed by atoms with Gasteiger partial charge in [-0.05, 0) is 49.1 Å². The Kier molecular flexibility index (Phi) is 5.59. The maximum Gasteiger partial charge on any atom is 0.337 e. The number of imidazole rings is 1. The van der Waals surface area contributed by atoms with Crippen molar-refractivity contribution in [2.75, 3.05) is 0 Å². The molecule has 0 fully saturated rings. The first-order valence-corrected chi connectivity index (χ1v) is 10.4. The van der Waals surface area contributed by atoms with Crippen LogP contribution >= 0.6 is 0 Å². The van der Waals surface area contributed by atoms with E-state index in [1.54, 1.807) is 10.9 Å². The minimum absolute atomic E-state index is 0.273. The second-order valence-electron chi connectivity index (χ2n) is 8.27. The van der Waals surface area contributed by atoms with Gasteiger partial charge in [0, 0.05) is 13.1 Å². The average molecular weight is 420 g/mol. The highest BCUT2D eigenvalue weighted by Crippen LogP contribution is 2.16. The summed E-state index contributed by atoms with van der Waals surface area (Å²) in [5, 5.41) is 0. The van der Waals surface area contributed by atoms with Crippen molar-refractivity contribution in [3.05, 3.63) is 92.6 Å². The van der Waals surface area contributed by atoms with Gasteiger partial charge in [-0.2, -0.15) is 0 Å². The number of hydrogen-bond donors (Lipinski definition) is 0. The first-order valence-electron chi connectivity index (χ1n) is 10.4. The molecule has 0 saturated heterocycles. The molecule has 4 aromatic rings. The fourth-order valence-electron chi connectivity index (χ4n) is 3.71. The fourth-order valence-corrected chi connectivity index (χ4v) is 3.71. The Bertz CT molecular complexity index is 1350. The molecule has 0 radical (unpaired) electrons. The van der Waals surface area contributed by atoms with Crippen molar-refractivity contribution in [2.24, 2.45) is 5.92 Å².